The van der Waals surface area contributed by atoms with Crippen LogP contribution in [0.3, 0.4) is 0 Å². The summed E-state index contributed by atoms with van der Waals surface area (Å²) in [6, 6.07) is 0. The molecule has 2 fully saturated rings. The van der Waals surface area contributed by atoms with Crippen molar-refractivity contribution in [3.63, 3.8) is 0 Å². The van der Waals surface area contributed by atoms with Crippen molar-refractivity contribution in [3.05, 3.63) is 11.7 Å². The predicted molar refractivity (Wildman–Crippen MR) is 68.6 cm³/mol. The van der Waals surface area contributed by atoms with Crippen LogP contribution in [0.1, 0.15) is 24.6 Å². The molecule has 98 valence electrons. The van der Waals surface area contributed by atoms with Crippen LogP contribution in [0.4, 0.5) is 0 Å². The number of ether oxygens (including phenoxy) is 1. The van der Waals surface area contributed by atoms with Gasteiger partial charge in [0.15, 0.2) is 11.0 Å². The van der Waals surface area contributed by atoms with Gasteiger partial charge >= 0.3 is 0 Å². The number of amidine groups is 1. The average molecular weight is 268 g/mol. The molecule has 2 aliphatic rings. The zero-order chi connectivity index (χ0) is 12.4. The summed E-state index contributed by atoms with van der Waals surface area (Å²) in [5.74, 6) is 2.28. The van der Waals surface area contributed by atoms with Gasteiger partial charge in [0.1, 0.15) is 6.54 Å². The summed E-state index contributed by atoms with van der Waals surface area (Å²) in [5.41, 5.74) is 0.187. The van der Waals surface area contributed by atoms with Crippen LogP contribution in [0.5, 0.6) is 0 Å². The van der Waals surface area contributed by atoms with Gasteiger partial charge in [0.25, 0.3) is 0 Å². The molecule has 0 bridgehead atoms. The van der Waals surface area contributed by atoms with Crippen LogP contribution in [0.2, 0.25) is 0 Å². The maximum atomic E-state index is 5.40. The topological polar surface area (TPSA) is 72.5 Å². The zero-order valence-corrected chi connectivity index (χ0v) is 11.1. The number of aromatic nitrogens is 2. The molecule has 6 nitrogen and oxygen atoms in total. The Balaban J connectivity index is 1.61. The van der Waals surface area contributed by atoms with Crippen molar-refractivity contribution >= 4 is 16.9 Å². The molecule has 1 N–H and O–H groups in total. The lowest BCUT2D eigenvalue weighted by molar-refractivity contribution is 0.0555. The highest BCUT2D eigenvalue weighted by atomic mass is 32.2. The molecule has 0 radical (unpaired) electrons. The van der Waals surface area contributed by atoms with E-state index in [0.29, 0.717) is 18.3 Å². The van der Waals surface area contributed by atoms with Gasteiger partial charge < -0.3 is 14.6 Å². The molecule has 7 heteroatoms. The molecule has 1 aromatic heterocycles. The fraction of sp³-hybridized carbons (Fsp3) is 0.727. The van der Waals surface area contributed by atoms with Crippen LogP contribution in [-0.2, 0) is 11.3 Å². The van der Waals surface area contributed by atoms with E-state index in [1.54, 1.807) is 18.7 Å². The highest BCUT2D eigenvalue weighted by Gasteiger charge is 2.38. The van der Waals surface area contributed by atoms with Crippen LogP contribution in [0.15, 0.2) is 9.52 Å². The molecule has 18 heavy (non-hydrogen) atoms. The monoisotopic (exact) mass is 268 g/mol. The van der Waals surface area contributed by atoms with Crippen LogP contribution >= 0.6 is 11.8 Å². The lowest BCUT2D eigenvalue weighted by Gasteiger charge is -2.32. The molecule has 1 spiro atoms. The third kappa shape index (κ3) is 2.51. The van der Waals surface area contributed by atoms with Crippen molar-refractivity contribution in [1.29, 1.82) is 0 Å². The second kappa shape index (κ2) is 4.89. The Hall–Kier alpha value is -1.08. The first kappa shape index (κ1) is 12.0. The molecule has 0 saturated carbocycles. The van der Waals surface area contributed by atoms with Gasteiger partial charge in [-0.2, -0.15) is 4.98 Å². The van der Waals surface area contributed by atoms with Gasteiger partial charge in [0.2, 0.25) is 5.89 Å². The van der Waals surface area contributed by atoms with Gasteiger partial charge in [-0.1, -0.05) is 16.9 Å². The van der Waals surface area contributed by atoms with Crippen molar-refractivity contribution in [2.24, 2.45) is 4.99 Å². The Morgan fingerprint density at radius 3 is 3.00 bits per heavy atom. The molecule has 0 aromatic carbocycles. The zero-order valence-electron chi connectivity index (χ0n) is 10.3. The fourth-order valence-corrected chi connectivity index (χ4v) is 3.38. The summed E-state index contributed by atoms with van der Waals surface area (Å²) in [4.78, 5) is 8.62. The van der Waals surface area contributed by atoms with Crippen molar-refractivity contribution in [3.8, 4) is 0 Å². The van der Waals surface area contributed by atoms with E-state index in [-0.39, 0.29) is 5.54 Å². The fourth-order valence-electron chi connectivity index (χ4n) is 2.17. The van der Waals surface area contributed by atoms with Gasteiger partial charge in [-0.3, -0.25) is 4.99 Å². The standard InChI is InChI=1S/C11H16N4O2S/c1-8-13-9(17-15-8)6-12-10-14-11(7-18-10)2-4-16-5-3-11/h2-7H2,1H3,(H,12,14). The van der Waals surface area contributed by atoms with E-state index >= 15 is 0 Å². The van der Waals surface area contributed by atoms with Gasteiger partial charge in [0, 0.05) is 19.0 Å². The summed E-state index contributed by atoms with van der Waals surface area (Å²) >= 11 is 1.77. The number of hydrogen-bond donors (Lipinski definition) is 1. The van der Waals surface area contributed by atoms with Crippen molar-refractivity contribution in [2.45, 2.75) is 31.8 Å². The summed E-state index contributed by atoms with van der Waals surface area (Å²) in [6.45, 7) is 3.93. The van der Waals surface area contributed by atoms with E-state index in [2.05, 4.69) is 20.4 Å². The number of rotatable bonds is 2. The minimum absolute atomic E-state index is 0.187. The first-order chi connectivity index (χ1) is 8.76. The minimum Gasteiger partial charge on any atom is -0.381 e. The minimum atomic E-state index is 0.187. The molecule has 1 aromatic rings. The highest BCUT2D eigenvalue weighted by molar-refractivity contribution is 8.14. The van der Waals surface area contributed by atoms with E-state index in [1.165, 1.54) is 0 Å². The SMILES string of the molecule is Cc1noc(CN=C2NC3(CCOCC3)CS2)n1. The first-order valence-electron chi connectivity index (χ1n) is 6.08. The maximum absolute atomic E-state index is 5.40. The lowest BCUT2D eigenvalue weighted by atomic mass is 9.93. The Bertz CT molecular complexity index is 454. The Morgan fingerprint density at radius 2 is 2.28 bits per heavy atom. The largest absolute Gasteiger partial charge is 0.381 e. The third-order valence-corrected chi connectivity index (χ3v) is 4.44. The maximum Gasteiger partial charge on any atom is 0.248 e. The van der Waals surface area contributed by atoms with Crippen molar-refractivity contribution < 1.29 is 9.26 Å². The second-order valence-electron chi connectivity index (χ2n) is 4.66. The normalized spacial score (nSPS) is 24.6. The first-order valence-corrected chi connectivity index (χ1v) is 7.07. The van der Waals surface area contributed by atoms with Crippen molar-refractivity contribution in [1.82, 2.24) is 15.5 Å². The molecule has 0 atom stereocenters. The van der Waals surface area contributed by atoms with E-state index in [1.807, 2.05) is 0 Å². The molecule has 0 aliphatic carbocycles. The van der Waals surface area contributed by atoms with Crippen LogP contribution in [-0.4, -0.2) is 39.8 Å². The quantitative estimate of drug-likeness (QED) is 0.866. The number of thioether (sulfide) groups is 1. The number of hydrogen-bond acceptors (Lipinski definition) is 6. The smallest absolute Gasteiger partial charge is 0.248 e. The molecule has 2 saturated heterocycles. The number of aliphatic imine (C=N–C) groups is 1. The van der Waals surface area contributed by atoms with E-state index in [4.69, 9.17) is 9.26 Å². The Kier molecular flexibility index (Phi) is 3.25. The number of aryl methyl sites for hydroxylation is 1. The Morgan fingerprint density at radius 1 is 1.44 bits per heavy atom. The molecular weight excluding hydrogens is 252 g/mol. The summed E-state index contributed by atoms with van der Waals surface area (Å²) < 4.78 is 10.4. The highest BCUT2D eigenvalue weighted by Crippen LogP contribution is 2.31. The molecule has 3 rings (SSSR count). The van der Waals surface area contributed by atoms with Crippen LogP contribution in [0.25, 0.3) is 0 Å². The summed E-state index contributed by atoms with van der Waals surface area (Å²) in [7, 11) is 0. The van der Waals surface area contributed by atoms with Crippen LogP contribution in [0, 0.1) is 6.92 Å². The van der Waals surface area contributed by atoms with Crippen LogP contribution < -0.4 is 5.32 Å². The average Bonchev–Trinajstić information content (AvgIpc) is 2.96. The summed E-state index contributed by atoms with van der Waals surface area (Å²) in [6.07, 6.45) is 2.11. The van der Waals surface area contributed by atoms with Gasteiger partial charge in [-0.15, -0.1) is 0 Å². The predicted octanol–water partition coefficient (Wildman–Crippen LogP) is 1.12. The van der Waals surface area contributed by atoms with Gasteiger partial charge in [-0.25, -0.2) is 0 Å². The van der Waals surface area contributed by atoms with Gasteiger partial charge in [-0.05, 0) is 19.8 Å². The number of nitrogens with one attached hydrogen (secondary N) is 1. The van der Waals surface area contributed by atoms with Crippen molar-refractivity contribution in [2.75, 3.05) is 19.0 Å². The summed E-state index contributed by atoms with van der Waals surface area (Å²) in [5, 5.41) is 8.25. The van der Waals surface area contributed by atoms with Gasteiger partial charge in [0.05, 0.1) is 5.54 Å². The molecular formula is C11H16N4O2S. The molecule has 2 aliphatic heterocycles. The van der Waals surface area contributed by atoms with E-state index in [0.717, 1.165) is 37.0 Å². The molecule has 3 heterocycles. The molecule has 0 unspecified atom stereocenters. The Labute approximate surface area is 110 Å². The molecule has 0 amide bonds. The third-order valence-electron chi connectivity index (χ3n) is 3.23. The number of nitrogens with zero attached hydrogens (tertiary/aromatic N) is 3. The lowest BCUT2D eigenvalue weighted by Crippen LogP contribution is -2.48. The van der Waals surface area contributed by atoms with E-state index in [9.17, 15) is 0 Å². The second-order valence-corrected chi connectivity index (χ2v) is 5.63. The van der Waals surface area contributed by atoms with E-state index < -0.39 is 0 Å².